The van der Waals surface area contributed by atoms with Crippen LogP contribution < -0.4 is 10.1 Å². The molecule has 0 aliphatic heterocycles. The number of aryl methyl sites for hydroxylation is 1. The third kappa shape index (κ3) is 3.20. The van der Waals surface area contributed by atoms with Gasteiger partial charge in [-0.25, -0.2) is 0 Å². The summed E-state index contributed by atoms with van der Waals surface area (Å²) in [5, 5.41) is 8.25. The van der Waals surface area contributed by atoms with Gasteiger partial charge in [-0.2, -0.15) is 0 Å². The average molecular weight is 328 g/mol. The van der Waals surface area contributed by atoms with E-state index >= 15 is 0 Å². The van der Waals surface area contributed by atoms with Gasteiger partial charge in [0.1, 0.15) is 23.1 Å². The highest BCUT2D eigenvalue weighted by atomic mass is 79.9. The van der Waals surface area contributed by atoms with Crippen LogP contribution in [-0.2, 0) is 6.61 Å². The molecule has 0 aliphatic rings. The van der Waals surface area contributed by atoms with Crippen LogP contribution >= 0.6 is 27.5 Å². The molecule has 0 atom stereocenters. The molecule has 6 heteroatoms. The molecule has 0 unspecified atom stereocenters. The Morgan fingerprint density at radius 3 is 3.00 bits per heavy atom. The van der Waals surface area contributed by atoms with E-state index in [1.54, 1.807) is 0 Å². The van der Waals surface area contributed by atoms with Crippen LogP contribution in [0.15, 0.2) is 22.7 Å². The van der Waals surface area contributed by atoms with Gasteiger partial charge in [-0.15, -0.1) is 5.10 Å². The fourth-order valence-corrected chi connectivity index (χ4v) is 2.71. The Balaban J connectivity index is 2.04. The zero-order valence-corrected chi connectivity index (χ0v) is 12.6. The zero-order valence-electron chi connectivity index (χ0n) is 10.2. The van der Waals surface area contributed by atoms with Crippen molar-refractivity contribution in [1.82, 2.24) is 9.59 Å². The maximum absolute atomic E-state index is 5.74. The number of hydrogen-bond donors (Lipinski definition) is 1. The third-order valence-corrected chi connectivity index (χ3v) is 3.69. The van der Waals surface area contributed by atoms with Crippen molar-refractivity contribution in [3.8, 4) is 5.75 Å². The second kappa shape index (κ2) is 6.15. The van der Waals surface area contributed by atoms with Crippen LogP contribution in [0.2, 0.25) is 0 Å². The highest BCUT2D eigenvalue weighted by Crippen LogP contribution is 2.27. The molecule has 18 heavy (non-hydrogen) atoms. The molecule has 0 saturated carbocycles. The van der Waals surface area contributed by atoms with E-state index in [2.05, 4.69) is 30.8 Å². The molecule has 0 bridgehead atoms. The van der Waals surface area contributed by atoms with E-state index in [1.807, 2.05) is 32.0 Å². The number of ether oxygens (including phenoxy) is 1. The van der Waals surface area contributed by atoms with Crippen LogP contribution in [0.3, 0.4) is 0 Å². The van der Waals surface area contributed by atoms with Crippen LogP contribution in [0.4, 0.5) is 5.00 Å². The van der Waals surface area contributed by atoms with E-state index in [4.69, 9.17) is 4.74 Å². The molecule has 0 amide bonds. The molecule has 0 saturated heterocycles. The van der Waals surface area contributed by atoms with Crippen molar-refractivity contribution in [1.29, 1.82) is 0 Å². The molecule has 4 nitrogen and oxygen atoms in total. The summed E-state index contributed by atoms with van der Waals surface area (Å²) in [6.45, 7) is 5.36. The molecular formula is C12H14BrN3OS. The Labute approximate surface area is 119 Å². The first kappa shape index (κ1) is 13.3. The summed E-state index contributed by atoms with van der Waals surface area (Å²) in [6, 6.07) is 6.00. The lowest BCUT2D eigenvalue weighted by atomic mass is 10.2. The van der Waals surface area contributed by atoms with Crippen molar-refractivity contribution >= 4 is 32.5 Å². The quantitative estimate of drug-likeness (QED) is 0.911. The summed E-state index contributed by atoms with van der Waals surface area (Å²) >= 11 is 4.84. The monoisotopic (exact) mass is 327 g/mol. The maximum Gasteiger partial charge on any atom is 0.136 e. The number of rotatable bonds is 5. The number of benzene rings is 1. The average Bonchev–Trinajstić information content (AvgIpc) is 2.76. The first-order chi connectivity index (χ1) is 8.70. The van der Waals surface area contributed by atoms with Gasteiger partial charge < -0.3 is 10.1 Å². The van der Waals surface area contributed by atoms with E-state index in [1.165, 1.54) is 17.1 Å². The van der Waals surface area contributed by atoms with Crippen molar-refractivity contribution in [2.45, 2.75) is 20.5 Å². The number of hydrogen-bond acceptors (Lipinski definition) is 5. The van der Waals surface area contributed by atoms with Crippen LogP contribution in [0, 0.1) is 6.92 Å². The Kier molecular flexibility index (Phi) is 4.54. The Morgan fingerprint density at radius 1 is 1.44 bits per heavy atom. The minimum atomic E-state index is 0.417. The molecule has 96 valence electrons. The molecule has 1 aromatic heterocycles. The van der Waals surface area contributed by atoms with Crippen LogP contribution in [0.25, 0.3) is 0 Å². The van der Waals surface area contributed by atoms with E-state index in [-0.39, 0.29) is 0 Å². The lowest BCUT2D eigenvalue weighted by molar-refractivity contribution is 0.300. The molecule has 0 radical (unpaired) electrons. The highest BCUT2D eigenvalue weighted by molar-refractivity contribution is 9.10. The molecule has 2 rings (SSSR count). The largest absolute Gasteiger partial charge is 0.486 e. The van der Waals surface area contributed by atoms with E-state index in [0.29, 0.717) is 6.61 Å². The second-order valence-electron chi connectivity index (χ2n) is 3.80. The van der Waals surface area contributed by atoms with Crippen molar-refractivity contribution in [3.05, 3.63) is 33.9 Å². The molecule has 1 N–H and O–H groups in total. The third-order valence-electron chi connectivity index (χ3n) is 2.34. The molecular weight excluding hydrogens is 314 g/mol. The van der Waals surface area contributed by atoms with Gasteiger partial charge in [0.15, 0.2) is 0 Å². The number of halogens is 1. The Morgan fingerprint density at radius 2 is 2.28 bits per heavy atom. The molecule has 0 spiro atoms. The topological polar surface area (TPSA) is 47.0 Å². The summed E-state index contributed by atoms with van der Waals surface area (Å²) < 4.78 is 10.6. The van der Waals surface area contributed by atoms with Crippen molar-refractivity contribution in [2.24, 2.45) is 0 Å². The van der Waals surface area contributed by atoms with Gasteiger partial charge >= 0.3 is 0 Å². The van der Waals surface area contributed by atoms with Crippen LogP contribution in [0.1, 0.15) is 18.2 Å². The standard InChI is InChI=1S/C12H14BrN3OS/c1-3-14-12-10(15-16-18-12)7-17-11-5-4-8(2)6-9(11)13/h4-6,14H,3,7H2,1-2H3. The molecule has 2 aromatic rings. The predicted octanol–water partition coefficient (Wildman–Crippen LogP) is 3.62. The lowest BCUT2D eigenvalue weighted by Crippen LogP contribution is -2.02. The Bertz CT molecular complexity index is 530. The smallest absolute Gasteiger partial charge is 0.136 e. The minimum Gasteiger partial charge on any atom is -0.486 e. The van der Waals surface area contributed by atoms with Crippen molar-refractivity contribution in [2.75, 3.05) is 11.9 Å². The summed E-state index contributed by atoms with van der Waals surface area (Å²) in [5.41, 5.74) is 2.03. The zero-order chi connectivity index (χ0) is 13.0. The van der Waals surface area contributed by atoms with Gasteiger partial charge in [-0.05, 0) is 47.5 Å². The van der Waals surface area contributed by atoms with Crippen molar-refractivity contribution < 1.29 is 4.74 Å². The minimum absolute atomic E-state index is 0.417. The first-order valence-electron chi connectivity index (χ1n) is 5.64. The normalized spacial score (nSPS) is 10.4. The van der Waals surface area contributed by atoms with E-state index < -0.39 is 0 Å². The summed E-state index contributed by atoms with van der Waals surface area (Å²) in [4.78, 5) is 0. The molecule has 1 aromatic carbocycles. The summed E-state index contributed by atoms with van der Waals surface area (Å²) in [5.74, 6) is 0.816. The fourth-order valence-electron chi connectivity index (χ4n) is 1.47. The Hall–Kier alpha value is -1.14. The molecule has 0 aliphatic carbocycles. The van der Waals surface area contributed by atoms with Crippen LogP contribution in [0.5, 0.6) is 5.75 Å². The lowest BCUT2D eigenvalue weighted by Gasteiger charge is -2.08. The molecule has 0 fully saturated rings. The summed E-state index contributed by atoms with van der Waals surface area (Å²) in [6.07, 6.45) is 0. The SMILES string of the molecule is CCNc1snnc1COc1ccc(C)cc1Br. The van der Waals surface area contributed by atoms with Gasteiger partial charge in [-0.1, -0.05) is 10.6 Å². The first-order valence-corrected chi connectivity index (χ1v) is 7.21. The predicted molar refractivity (Wildman–Crippen MR) is 77.3 cm³/mol. The van der Waals surface area contributed by atoms with Crippen molar-refractivity contribution in [3.63, 3.8) is 0 Å². The second-order valence-corrected chi connectivity index (χ2v) is 5.41. The van der Waals surface area contributed by atoms with Gasteiger partial charge in [0.05, 0.1) is 4.47 Å². The highest BCUT2D eigenvalue weighted by Gasteiger charge is 2.09. The maximum atomic E-state index is 5.74. The van der Waals surface area contributed by atoms with Gasteiger partial charge in [-0.3, -0.25) is 0 Å². The number of nitrogens with one attached hydrogen (secondary N) is 1. The number of anilines is 1. The summed E-state index contributed by atoms with van der Waals surface area (Å²) in [7, 11) is 0. The number of nitrogens with zero attached hydrogens (tertiary/aromatic N) is 2. The van der Waals surface area contributed by atoms with Crippen LogP contribution in [-0.4, -0.2) is 16.1 Å². The fraction of sp³-hybridized carbons (Fsp3) is 0.333. The van der Waals surface area contributed by atoms with Gasteiger partial charge in [0.25, 0.3) is 0 Å². The molecule has 1 heterocycles. The van der Waals surface area contributed by atoms with E-state index in [0.717, 1.165) is 27.5 Å². The van der Waals surface area contributed by atoms with E-state index in [9.17, 15) is 0 Å². The van der Waals surface area contributed by atoms with Gasteiger partial charge in [0, 0.05) is 18.1 Å². The van der Waals surface area contributed by atoms with Gasteiger partial charge in [0.2, 0.25) is 0 Å². The number of aromatic nitrogens is 2.